The van der Waals surface area contributed by atoms with Crippen molar-refractivity contribution in [3.05, 3.63) is 48.1 Å². The summed E-state index contributed by atoms with van der Waals surface area (Å²) >= 11 is 0. The van der Waals surface area contributed by atoms with Gasteiger partial charge < -0.3 is 50.8 Å². The van der Waals surface area contributed by atoms with E-state index in [1.165, 1.54) is 23.2 Å². The third-order valence-corrected chi connectivity index (χ3v) is 9.38. The molecule has 9 N–H and O–H groups in total. The number of phosphoric ester groups is 2. The number of carbonyl (C=O) groups is 2. The molecule has 0 spiro atoms. The summed E-state index contributed by atoms with van der Waals surface area (Å²) in [6.07, 6.45) is -4.85. The fourth-order valence-corrected chi connectivity index (χ4v) is 6.74. The number of anilines is 2. The lowest BCUT2D eigenvalue weighted by atomic mass is 10.1. The van der Waals surface area contributed by atoms with Gasteiger partial charge in [-0.05, 0) is 12.5 Å². The summed E-state index contributed by atoms with van der Waals surface area (Å²) in [7, 11) is -10.2. The van der Waals surface area contributed by atoms with Gasteiger partial charge in [0.15, 0.2) is 23.8 Å². The van der Waals surface area contributed by atoms with E-state index in [1.807, 2.05) is 0 Å². The van der Waals surface area contributed by atoms with Crippen molar-refractivity contribution < 1.29 is 66.3 Å². The molecular weight excluding hydrogens is 752 g/mol. The van der Waals surface area contributed by atoms with Crippen molar-refractivity contribution in [2.45, 2.75) is 68.7 Å². The van der Waals surface area contributed by atoms with E-state index < -0.39 is 83.5 Å². The van der Waals surface area contributed by atoms with Crippen LogP contribution in [-0.4, -0.2) is 111 Å². The average Bonchev–Trinajstić information content (AvgIpc) is 3.77. The molecule has 2 saturated heterocycles. The first-order valence-electron chi connectivity index (χ1n) is 15.7. The Hall–Kier alpha value is -4.19. The number of amides is 1. The second kappa shape index (κ2) is 16.9. The number of esters is 1. The van der Waals surface area contributed by atoms with Gasteiger partial charge in [-0.2, -0.15) is 4.98 Å². The van der Waals surface area contributed by atoms with Crippen molar-refractivity contribution in [2.24, 2.45) is 0 Å². The number of aliphatic hydroxyl groups is 1. The Morgan fingerprint density at radius 2 is 1.83 bits per heavy atom. The van der Waals surface area contributed by atoms with Gasteiger partial charge in [0.05, 0.1) is 26.0 Å². The number of hydrogen-bond acceptors (Lipinski definition) is 18. The lowest BCUT2D eigenvalue weighted by Crippen LogP contribution is -2.39. The second-order valence-corrected chi connectivity index (χ2v) is 14.3. The number of fused-ring (bicyclic) bond motifs is 1. The van der Waals surface area contributed by atoms with E-state index in [0.29, 0.717) is 6.42 Å². The van der Waals surface area contributed by atoms with Crippen LogP contribution >= 0.6 is 15.6 Å². The van der Waals surface area contributed by atoms with Crippen LogP contribution in [0.3, 0.4) is 0 Å². The van der Waals surface area contributed by atoms with E-state index in [2.05, 4.69) is 36.4 Å². The van der Waals surface area contributed by atoms with Crippen LogP contribution in [0.5, 0.6) is 0 Å². The van der Waals surface area contributed by atoms with Gasteiger partial charge in [-0.25, -0.2) is 28.9 Å². The molecule has 290 valence electrons. The van der Waals surface area contributed by atoms with Crippen molar-refractivity contribution >= 4 is 50.3 Å². The molecule has 0 saturated carbocycles. The molecule has 5 rings (SSSR count). The van der Waals surface area contributed by atoms with E-state index in [0.717, 1.165) is 10.9 Å². The number of aliphatic hydroxyl groups excluding tert-OH is 1. The summed E-state index contributed by atoms with van der Waals surface area (Å²) in [6.45, 7) is 1.78. The Labute approximate surface area is 298 Å². The Balaban J connectivity index is 1.30. The van der Waals surface area contributed by atoms with Crippen LogP contribution in [0.4, 0.5) is 11.6 Å². The first-order chi connectivity index (χ1) is 25.0. The van der Waals surface area contributed by atoms with Crippen molar-refractivity contribution in [1.29, 1.82) is 0 Å². The topological polar surface area (TPSA) is 347 Å². The van der Waals surface area contributed by atoms with Crippen LogP contribution in [0.25, 0.3) is 11.2 Å². The van der Waals surface area contributed by atoms with Crippen LogP contribution in [-0.2, 0) is 46.5 Å². The van der Waals surface area contributed by atoms with Crippen LogP contribution < -0.4 is 22.5 Å². The molecule has 0 aromatic carbocycles. The zero-order chi connectivity index (χ0) is 38.5. The zero-order valence-electron chi connectivity index (χ0n) is 27.6. The Morgan fingerprint density at radius 1 is 1.08 bits per heavy atom. The highest BCUT2D eigenvalue weighted by Gasteiger charge is 2.49. The first-order valence-corrected chi connectivity index (χ1v) is 18.8. The van der Waals surface area contributed by atoms with E-state index in [4.69, 9.17) is 34.7 Å². The van der Waals surface area contributed by atoms with Crippen LogP contribution in [0.2, 0.25) is 0 Å². The van der Waals surface area contributed by atoms with Crippen molar-refractivity contribution in [3.63, 3.8) is 0 Å². The Bertz CT molecular complexity index is 1960. The summed E-state index contributed by atoms with van der Waals surface area (Å²) in [4.78, 5) is 82.0. The molecule has 5 heterocycles. The maximum atomic E-state index is 13.3. The van der Waals surface area contributed by atoms with Crippen molar-refractivity contribution in [1.82, 2.24) is 34.4 Å². The zero-order valence-corrected chi connectivity index (χ0v) is 29.4. The number of nitrogens with zero attached hydrogens (tertiary/aromatic N) is 6. The monoisotopic (exact) mass is 789 g/mol. The molecule has 0 radical (unpaired) electrons. The number of nitrogens with one attached hydrogen (secondary N) is 1. The molecule has 1 unspecified atom stereocenters. The lowest BCUT2D eigenvalue weighted by Gasteiger charge is -2.24. The normalized spacial score (nSPS) is 25.6. The van der Waals surface area contributed by atoms with Gasteiger partial charge in [-0.15, -0.1) is 6.58 Å². The fourth-order valence-electron chi connectivity index (χ4n) is 5.44. The number of ether oxygens (including phenoxy) is 3. The highest BCUT2D eigenvalue weighted by molar-refractivity contribution is 7.47. The minimum absolute atomic E-state index is 0.0257. The average molecular weight is 790 g/mol. The minimum atomic E-state index is -5.14. The molecule has 3 aromatic heterocycles. The Morgan fingerprint density at radius 3 is 2.55 bits per heavy atom. The smallest absolute Gasteiger partial charge is 0.456 e. The number of rotatable bonds is 17. The van der Waals surface area contributed by atoms with Crippen LogP contribution in [0.15, 0.2) is 42.4 Å². The van der Waals surface area contributed by atoms with Crippen molar-refractivity contribution in [3.8, 4) is 0 Å². The number of nitrogen functional groups attached to an aromatic ring is 2. The number of nitrogens with two attached hydrogens (primary N) is 2. The highest BCUT2D eigenvalue weighted by Crippen LogP contribution is 2.50. The lowest BCUT2D eigenvalue weighted by molar-refractivity contribution is -0.156. The molecule has 26 heteroatoms. The number of aromatic nitrogens is 6. The van der Waals surface area contributed by atoms with E-state index >= 15 is 0 Å². The van der Waals surface area contributed by atoms with Gasteiger partial charge in [0.1, 0.15) is 48.3 Å². The van der Waals surface area contributed by atoms with Crippen LogP contribution in [0, 0.1) is 0 Å². The molecule has 0 aliphatic carbocycles. The van der Waals surface area contributed by atoms with Gasteiger partial charge in [0, 0.05) is 25.6 Å². The van der Waals surface area contributed by atoms with Gasteiger partial charge in [0.2, 0.25) is 5.91 Å². The number of phosphoric acid groups is 2. The third kappa shape index (κ3) is 10.3. The van der Waals surface area contributed by atoms with E-state index in [-0.39, 0.29) is 54.5 Å². The highest BCUT2D eigenvalue weighted by atomic mass is 31.2. The first kappa shape index (κ1) is 40.0. The Kier molecular flexibility index (Phi) is 12.7. The quantitative estimate of drug-likeness (QED) is 0.0479. The second-order valence-electron chi connectivity index (χ2n) is 11.6. The molecular formula is C27H37N9O15P2. The van der Waals surface area contributed by atoms with Crippen molar-refractivity contribution in [2.75, 3.05) is 31.2 Å². The fraction of sp³-hybridized carbons (Fsp3) is 0.519. The molecule has 3 aromatic rings. The molecule has 2 aliphatic heterocycles. The number of hydrogen-bond donors (Lipinski definition) is 7. The summed E-state index contributed by atoms with van der Waals surface area (Å²) < 4.78 is 59.1. The predicted octanol–water partition coefficient (Wildman–Crippen LogP) is -1.21. The molecule has 2 fully saturated rings. The number of imidazole rings is 1. The van der Waals surface area contributed by atoms with E-state index in [9.17, 15) is 43.3 Å². The van der Waals surface area contributed by atoms with Gasteiger partial charge >= 0.3 is 27.3 Å². The predicted molar refractivity (Wildman–Crippen MR) is 177 cm³/mol. The standard InChI is InChI=1S/C27H37N9O15P2/c1-2-3-4-18(37)30-7-5-20(38)50-23-16(49-26(22(23)39)36-13-33-21-24(29)31-12-32-25(21)36)11-47-53(44,45)51-14-9-19(35-8-6-17(28)34-27(35)40)48-15(14)10-46-52(41,42)43/h2,6,8,12-16,19,22-23,26,39H,1,3-5,7,9-11H2,(H,30,37)(H,44,45)(H2,28,34,40)(H2,29,31,32)(H2,41,42,43)/t14-,15+,16+,19+,22+,23+,26+/m0/s1. The number of allylic oxidation sites excluding steroid dienone is 1. The largest absolute Gasteiger partial charge is 0.472 e. The molecule has 2 aliphatic rings. The molecule has 24 nitrogen and oxygen atoms in total. The molecule has 0 bridgehead atoms. The molecule has 8 atom stereocenters. The van der Waals surface area contributed by atoms with Gasteiger partial charge in [0.25, 0.3) is 0 Å². The third-order valence-electron chi connectivity index (χ3n) is 7.88. The van der Waals surface area contributed by atoms with Gasteiger partial charge in [-0.1, -0.05) is 6.08 Å². The maximum absolute atomic E-state index is 13.3. The summed E-state index contributed by atoms with van der Waals surface area (Å²) in [5.41, 5.74) is 10.9. The summed E-state index contributed by atoms with van der Waals surface area (Å²) in [5.74, 6) is -1.27. The summed E-state index contributed by atoms with van der Waals surface area (Å²) in [5, 5.41) is 13.9. The number of carbonyl (C=O) groups excluding carboxylic acids is 2. The summed E-state index contributed by atoms with van der Waals surface area (Å²) in [6, 6.07) is 1.28. The minimum Gasteiger partial charge on any atom is -0.456 e. The van der Waals surface area contributed by atoms with Crippen LogP contribution in [0.1, 0.15) is 38.1 Å². The van der Waals surface area contributed by atoms with E-state index in [1.54, 1.807) is 6.08 Å². The molecule has 53 heavy (non-hydrogen) atoms. The maximum Gasteiger partial charge on any atom is 0.472 e. The molecule has 1 amide bonds. The van der Waals surface area contributed by atoms with Gasteiger partial charge in [-0.3, -0.25) is 32.3 Å². The SMILES string of the molecule is C=CCCC(=O)NCCC(=O)O[C@H]1[C@@H](O)[C@H](n2cnc3c(N)ncnc32)O[C@@H]1COP(=O)(O)O[C@H]1C[C@H](n2ccc(N)nc2=O)O[C@@H]1COP(=O)(O)O.